The van der Waals surface area contributed by atoms with Gasteiger partial charge in [0.2, 0.25) is 15.9 Å². The molecule has 0 unspecified atom stereocenters. The van der Waals surface area contributed by atoms with Crippen LogP contribution in [0.3, 0.4) is 0 Å². The lowest BCUT2D eigenvalue weighted by molar-refractivity contribution is -0.115. The highest BCUT2D eigenvalue weighted by molar-refractivity contribution is 7.89. The van der Waals surface area contributed by atoms with Gasteiger partial charge in [0, 0.05) is 31.6 Å². The lowest BCUT2D eigenvalue weighted by Gasteiger charge is -2.24. The number of aryl methyl sites for hydroxylation is 1. The normalized spacial score (nSPS) is 14.6. The fourth-order valence-corrected chi connectivity index (χ4v) is 5.67. The van der Waals surface area contributed by atoms with Crippen LogP contribution in [0.25, 0.3) is 0 Å². The first-order valence-electron chi connectivity index (χ1n) is 9.95. The van der Waals surface area contributed by atoms with Crippen molar-refractivity contribution in [3.63, 3.8) is 0 Å². The summed E-state index contributed by atoms with van der Waals surface area (Å²) in [6.45, 7) is 8.14. The number of aromatic nitrogens is 1. The zero-order valence-corrected chi connectivity index (χ0v) is 18.8. The van der Waals surface area contributed by atoms with E-state index in [1.165, 1.54) is 15.6 Å². The number of hydrogen-bond acceptors (Lipinski definition) is 6. The van der Waals surface area contributed by atoms with Gasteiger partial charge in [0.25, 0.3) is 0 Å². The molecule has 1 saturated heterocycles. The van der Waals surface area contributed by atoms with Gasteiger partial charge in [0.1, 0.15) is 0 Å². The van der Waals surface area contributed by atoms with Crippen molar-refractivity contribution in [1.29, 1.82) is 0 Å². The van der Waals surface area contributed by atoms with Gasteiger partial charge in [0.05, 0.1) is 33.4 Å². The fraction of sp³-hybridized carbons (Fsp3) is 0.500. The van der Waals surface area contributed by atoms with Crippen molar-refractivity contribution in [1.82, 2.24) is 9.29 Å². The monoisotopic (exact) mass is 436 g/mol. The van der Waals surface area contributed by atoms with E-state index in [9.17, 15) is 13.2 Å². The average molecular weight is 437 g/mol. The standard InChI is InChI=1S/C20H28N4O3S2/c1-4-24(5-2)29(26,27)17-8-9-19(23-10-6-7-11-23)18(13-17)22-20(25)12-16-14-28-15(3)21-16/h8-9,13-14H,4-7,10-12H2,1-3H3,(H,22,25). The Hall–Kier alpha value is -1.97. The number of carbonyl (C=O) groups excluding carboxylic acids is 1. The van der Waals surface area contributed by atoms with Crippen LogP contribution in [0.15, 0.2) is 28.5 Å². The van der Waals surface area contributed by atoms with Gasteiger partial charge in [-0.05, 0) is 38.0 Å². The third-order valence-corrected chi connectivity index (χ3v) is 7.91. The lowest BCUT2D eigenvalue weighted by atomic mass is 10.2. The Balaban J connectivity index is 1.91. The third-order valence-electron chi connectivity index (χ3n) is 5.04. The zero-order chi connectivity index (χ0) is 21.0. The van der Waals surface area contributed by atoms with Gasteiger partial charge in [-0.15, -0.1) is 11.3 Å². The Bertz CT molecular complexity index is 962. The Kier molecular flexibility index (Phi) is 6.92. The largest absolute Gasteiger partial charge is 0.370 e. The molecule has 2 heterocycles. The SMILES string of the molecule is CCN(CC)S(=O)(=O)c1ccc(N2CCCC2)c(NC(=O)Cc2csc(C)n2)c1. The van der Waals surface area contributed by atoms with Crippen LogP contribution in [0.1, 0.15) is 37.4 Å². The van der Waals surface area contributed by atoms with Crippen LogP contribution >= 0.6 is 11.3 Å². The van der Waals surface area contributed by atoms with Crippen molar-refractivity contribution in [2.45, 2.75) is 44.9 Å². The summed E-state index contributed by atoms with van der Waals surface area (Å²) >= 11 is 1.51. The van der Waals surface area contributed by atoms with Gasteiger partial charge < -0.3 is 10.2 Å². The number of benzene rings is 1. The van der Waals surface area contributed by atoms with Crippen LogP contribution in [0.5, 0.6) is 0 Å². The molecule has 3 rings (SSSR count). The number of amides is 1. The molecule has 1 fully saturated rings. The molecule has 1 aliphatic heterocycles. The van der Waals surface area contributed by atoms with Crippen molar-refractivity contribution in [3.8, 4) is 0 Å². The predicted molar refractivity (Wildman–Crippen MR) is 117 cm³/mol. The van der Waals surface area contributed by atoms with Gasteiger partial charge in [-0.3, -0.25) is 4.79 Å². The van der Waals surface area contributed by atoms with Crippen molar-refractivity contribution < 1.29 is 13.2 Å². The Morgan fingerprint density at radius 3 is 2.52 bits per heavy atom. The molecular weight excluding hydrogens is 408 g/mol. The van der Waals surface area contributed by atoms with E-state index in [1.807, 2.05) is 32.2 Å². The highest BCUT2D eigenvalue weighted by Gasteiger charge is 2.25. The molecule has 0 radical (unpaired) electrons. The molecule has 1 aliphatic rings. The molecule has 0 aliphatic carbocycles. The zero-order valence-electron chi connectivity index (χ0n) is 17.1. The van der Waals surface area contributed by atoms with E-state index in [4.69, 9.17) is 0 Å². The molecule has 1 aromatic carbocycles. The molecule has 29 heavy (non-hydrogen) atoms. The van der Waals surface area contributed by atoms with Gasteiger partial charge >= 0.3 is 0 Å². The first-order chi connectivity index (χ1) is 13.8. The third kappa shape index (κ3) is 4.96. The minimum absolute atomic E-state index is 0.163. The first-order valence-corrected chi connectivity index (χ1v) is 12.3. The van der Waals surface area contributed by atoms with Gasteiger partial charge in [0.15, 0.2) is 0 Å². The minimum atomic E-state index is -3.60. The summed E-state index contributed by atoms with van der Waals surface area (Å²) in [5.74, 6) is -0.201. The van der Waals surface area contributed by atoms with E-state index < -0.39 is 10.0 Å². The second kappa shape index (κ2) is 9.23. The van der Waals surface area contributed by atoms with Crippen LogP contribution in [0, 0.1) is 6.92 Å². The van der Waals surface area contributed by atoms with Crippen molar-refractivity contribution in [2.24, 2.45) is 0 Å². The molecule has 1 amide bonds. The number of thiazole rings is 1. The van der Waals surface area contributed by atoms with Crippen molar-refractivity contribution in [3.05, 3.63) is 34.3 Å². The number of carbonyl (C=O) groups is 1. The molecule has 1 aromatic heterocycles. The quantitative estimate of drug-likeness (QED) is 0.687. The average Bonchev–Trinajstić information content (AvgIpc) is 3.34. The molecule has 2 aromatic rings. The van der Waals surface area contributed by atoms with E-state index in [2.05, 4.69) is 15.2 Å². The molecule has 7 nitrogen and oxygen atoms in total. The predicted octanol–water partition coefficient (Wildman–Crippen LogP) is 3.26. The van der Waals surface area contributed by atoms with E-state index in [0.29, 0.717) is 18.8 Å². The van der Waals surface area contributed by atoms with Gasteiger partial charge in [-0.2, -0.15) is 4.31 Å². The molecular formula is C20H28N4O3S2. The summed E-state index contributed by atoms with van der Waals surface area (Å²) in [7, 11) is -3.60. The summed E-state index contributed by atoms with van der Waals surface area (Å²) in [5.41, 5.74) is 2.13. The summed E-state index contributed by atoms with van der Waals surface area (Å²) in [6, 6.07) is 5.04. The number of rotatable bonds is 8. The molecule has 0 spiro atoms. The highest BCUT2D eigenvalue weighted by Crippen LogP contribution is 2.32. The second-order valence-electron chi connectivity index (χ2n) is 7.05. The second-order valence-corrected chi connectivity index (χ2v) is 10.0. The van der Waals surface area contributed by atoms with Gasteiger partial charge in [-0.1, -0.05) is 13.8 Å². The maximum absolute atomic E-state index is 12.9. The molecule has 9 heteroatoms. The molecule has 0 atom stereocenters. The Labute approximate surface area is 176 Å². The van der Waals surface area contributed by atoms with E-state index in [-0.39, 0.29) is 17.2 Å². The number of nitrogens with one attached hydrogen (secondary N) is 1. The summed E-state index contributed by atoms with van der Waals surface area (Å²) in [4.78, 5) is 19.4. The first kappa shape index (κ1) is 21.7. The van der Waals surface area contributed by atoms with Crippen molar-refractivity contribution in [2.75, 3.05) is 36.4 Å². The smallest absolute Gasteiger partial charge is 0.243 e. The van der Waals surface area contributed by atoms with Crippen LogP contribution in [-0.2, 0) is 21.2 Å². The van der Waals surface area contributed by atoms with Crippen LogP contribution in [0.2, 0.25) is 0 Å². The maximum atomic E-state index is 12.9. The number of sulfonamides is 1. The lowest BCUT2D eigenvalue weighted by Crippen LogP contribution is -2.31. The molecule has 158 valence electrons. The molecule has 0 saturated carbocycles. The topological polar surface area (TPSA) is 82.6 Å². The van der Waals surface area contributed by atoms with E-state index in [1.54, 1.807) is 12.1 Å². The maximum Gasteiger partial charge on any atom is 0.243 e. The molecule has 1 N–H and O–H groups in total. The minimum Gasteiger partial charge on any atom is -0.370 e. The summed E-state index contributed by atoms with van der Waals surface area (Å²) in [5, 5.41) is 5.72. The fourth-order valence-electron chi connectivity index (χ4n) is 3.57. The van der Waals surface area contributed by atoms with Crippen molar-refractivity contribution >= 4 is 38.6 Å². The van der Waals surface area contributed by atoms with E-state index >= 15 is 0 Å². The Morgan fingerprint density at radius 2 is 1.93 bits per heavy atom. The number of anilines is 2. The summed E-state index contributed by atoms with van der Waals surface area (Å²) in [6.07, 6.45) is 2.34. The van der Waals surface area contributed by atoms with Crippen LogP contribution in [0.4, 0.5) is 11.4 Å². The van der Waals surface area contributed by atoms with E-state index in [0.717, 1.165) is 42.3 Å². The molecule has 0 bridgehead atoms. The van der Waals surface area contributed by atoms with Crippen LogP contribution in [-0.4, -0.2) is 49.8 Å². The van der Waals surface area contributed by atoms with Crippen LogP contribution < -0.4 is 10.2 Å². The van der Waals surface area contributed by atoms with Gasteiger partial charge in [-0.25, -0.2) is 13.4 Å². The Morgan fingerprint density at radius 1 is 1.24 bits per heavy atom. The number of hydrogen-bond donors (Lipinski definition) is 1. The summed E-state index contributed by atoms with van der Waals surface area (Å²) < 4.78 is 27.3. The highest BCUT2D eigenvalue weighted by atomic mass is 32.2. The number of nitrogens with zero attached hydrogens (tertiary/aromatic N) is 3.